The predicted octanol–water partition coefficient (Wildman–Crippen LogP) is 4.10. The molecule has 1 aromatic rings. The molecule has 136 valence electrons. The van der Waals surface area contributed by atoms with Crippen LogP contribution in [-0.2, 0) is 4.79 Å². The summed E-state index contributed by atoms with van der Waals surface area (Å²) in [5.74, 6) is 0.0818. The van der Waals surface area contributed by atoms with Gasteiger partial charge in [-0.05, 0) is 75.8 Å². The van der Waals surface area contributed by atoms with Crippen molar-refractivity contribution < 1.29 is 4.79 Å². The second-order valence-electron chi connectivity index (χ2n) is 7.15. The van der Waals surface area contributed by atoms with Crippen LogP contribution in [0.3, 0.4) is 0 Å². The van der Waals surface area contributed by atoms with E-state index < -0.39 is 0 Å². The fraction of sp³-hybridized carbons (Fsp3) is 0.571. The SMILES string of the molecule is O=C(CCNCCC1=CCCCC1)Nc1ccc(N2CCCC2)cc1. The Morgan fingerprint density at radius 2 is 1.80 bits per heavy atom. The Labute approximate surface area is 151 Å². The van der Waals surface area contributed by atoms with Gasteiger partial charge in [0, 0.05) is 37.4 Å². The molecule has 4 heteroatoms. The summed E-state index contributed by atoms with van der Waals surface area (Å²) in [6.45, 7) is 4.01. The number of carbonyl (C=O) groups is 1. The molecule has 0 unspecified atom stereocenters. The van der Waals surface area contributed by atoms with E-state index in [2.05, 4.69) is 33.7 Å². The highest BCUT2D eigenvalue weighted by atomic mass is 16.1. The van der Waals surface area contributed by atoms with Gasteiger partial charge >= 0.3 is 0 Å². The Morgan fingerprint density at radius 1 is 1.00 bits per heavy atom. The maximum absolute atomic E-state index is 12.0. The van der Waals surface area contributed by atoms with E-state index in [1.165, 1.54) is 44.2 Å². The average molecular weight is 341 g/mol. The van der Waals surface area contributed by atoms with Gasteiger partial charge in [-0.2, -0.15) is 0 Å². The molecule has 1 heterocycles. The molecule has 0 saturated carbocycles. The topological polar surface area (TPSA) is 44.4 Å². The number of hydrogen-bond acceptors (Lipinski definition) is 3. The number of hydrogen-bond donors (Lipinski definition) is 2. The zero-order valence-corrected chi connectivity index (χ0v) is 15.2. The minimum atomic E-state index is 0.0818. The lowest BCUT2D eigenvalue weighted by atomic mass is 9.97. The molecular formula is C21H31N3O. The third-order valence-corrected chi connectivity index (χ3v) is 5.16. The molecule has 0 bridgehead atoms. The fourth-order valence-corrected chi connectivity index (χ4v) is 3.66. The van der Waals surface area contributed by atoms with Crippen molar-refractivity contribution in [1.29, 1.82) is 0 Å². The van der Waals surface area contributed by atoms with Gasteiger partial charge in [0.1, 0.15) is 0 Å². The second-order valence-corrected chi connectivity index (χ2v) is 7.15. The molecule has 1 aliphatic carbocycles. The first-order chi connectivity index (χ1) is 12.3. The molecule has 1 saturated heterocycles. The summed E-state index contributed by atoms with van der Waals surface area (Å²) >= 11 is 0. The summed E-state index contributed by atoms with van der Waals surface area (Å²) in [6.07, 6.45) is 11.8. The van der Waals surface area contributed by atoms with Crippen molar-refractivity contribution >= 4 is 17.3 Å². The van der Waals surface area contributed by atoms with Crippen molar-refractivity contribution in [3.8, 4) is 0 Å². The van der Waals surface area contributed by atoms with Gasteiger partial charge in [0.05, 0.1) is 0 Å². The Bertz CT molecular complexity index is 573. The molecule has 2 N–H and O–H groups in total. The average Bonchev–Trinajstić information content (AvgIpc) is 3.18. The molecule has 3 rings (SSSR count). The quantitative estimate of drug-likeness (QED) is 0.553. The molecule has 1 amide bonds. The van der Waals surface area contributed by atoms with Crippen LogP contribution < -0.4 is 15.5 Å². The predicted molar refractivity (Wildman–Crippen MR) is 105 cm³/mol. The van der Waals surface area contributed by atoms with Gasteiger partial charge in [0.2, 0.25) is 5.91 Å². The third kappa shape index (κ3) is 5.89. The highest BCUT2D eigenvalue weighted by Crippen LogP contribution is 2.22. The highest BCUT2D eigenvalue weighted by Gasteiger charge is 2.12. The van der Waals surface area contributed by atoms with Crippen LogP contribution >= 0.6 is 0 Å². The first-order valence-electron chi connectivity index (χ1n) is 9.85. The zero-order chi connectivity index (χ0) is 17.3. The van der Waals surface area contributed by atoms with E-state index in [1.54, 1.807) is 5.57 Å². The number of rotatable bonds is 8. The van der Waals surface area contributed by atoms with Crippen LogP contribution in [0.1, 0.15) is 51.4 Å². The van der Waals surface area contributed by atoms with Crippen molar-refractivity contribution in [1.82, 2.24) is 5.32 Å². The molecule has 0 spiro atoms. The lowest BCUT2D eigenvalue weighted by molar-refractivity contribution is -0.116. The first-order valence-corrected chi connectivity index (χ1v) is 9.85. The molecule has 1 fully saturated rings. The molecule has 4 nitrogen and oxygen atoms in total. The van der Waals surface area contributed by atoms with Gasteiger partial charge in [-0.1, -0.05) is 11.6 Å². The van der Waals surface area contributed by atoms with Gasteiger partial charge in [-0.15, -0.1) is 0 Å². The minimum absolute atomic E-state index is 0.0818. The molecule has 0 radical (unpaired) electrons. The molecule has 1 aromatic carbocycles. The number of nitrogens with one attached hydrogen (secondary N) is 2. The zero-order valence-electron chi connectivity index (χ0n) is 15.2. The fourth-order valence-electron chi connectivity index (χ4n) is 3.66. The number of amides is 1. The number of carbonyl (C=O) groups excluding carboxylic acids is 1. The molecule has 1 aliphatic heterocycles. The van der Waals surface area contributed by atoms with E-state index in [-0.39, 0.29) is 5.91 Å². The van der Waals surface area contributed by atoms with Crippen LogP contribution in [0.15, 0.2) is 35.9 Å². The monoisotopic (exact) mass is 341 g/mol. The number of benzene rings is 1. The molecular weight excluding hydrogens is 310 g/mol. The minimum Gasteiger partial charge on any atom is -0.372 e. The van der Waals surface area contributed by atoms with Gasteiger partial charge in [-0.3, -0.25) is 4.79 Å². The van der Waals surface area contributed by atoms with Crippen LogP contribution in [0, 0.1) is 0 Å². The van der Waals surface area contributed by atoms with Gasteiger partial charge in [-0.25, -0.2) is 0 Å². The number of allylic oxidation sites excluding steroid dienone is 1. The molecule has 2 aliphatic rings. The Morgan fingerprint density at radius 3 is 2.52 bits per heavy atom. The smallest absolute Gasteiger partial charge is 0.225 e. The number of nitrogens with zero attached hydrogens (tertiary/aromatic N) is 1. The molecule has 0 atom stereocenters. The van der Waals surface area contributed by atoms with Crippen LogP contribution in [0.25, 0.3) is 0 Å². The van der Waals surface area contributed by atoms with Crippen molar-refractivity contribution in [2.75, 3.05) is 36.4 Å². The van der Waals surface area contributed by atoms with E-state index in [0.717, 1.165) is 38.3 Å². The summed E-state index contributed by atoms with van der Waals surface area (Å²) in [7, 11) is 0. The summed E-state index contributed by atoms with van der Waals surface area (Å²) in [4.78, 5) is 14.4. The normalized spacial score (nSPS) is 17.4. The van der Waals surface area contributed by atoms with Crippen LogP contribution in [0.5, 0.6) is 0 Å². The van der Waals surface area contributed by atoms with E-state index >= 15 is 0 Å². The molecule has 0 aromatic heterocycles. The highest BCUT2D eigenvalue weighted by molar-refractivity contribution is 5.91. The van der Waals surface area contributed by atoms with Crippen molar-refractivity contribution in [3.05, 3.63) is 35.9 Å². The van der Waals surface area contributed by atoms with Crippen LogP contribution in [0.4, 0.5) is 11.4 Å². The standard InChI is InChI=1S/C21H31N3O/c25-21(13-15-22-14-12-18-6-2-1-3-7-18)23-19-8-10-20(11-9-19)24-16-4-5-17-24/h6,8-11,22H,1-5,7,12-17H2,(H,23,25). The van der Waals surface area contributed by atoms with Gasteiger partial charge in [0.25, 0.3) is 0 Å². The van der Waals surface area contributed by atoms with Gasteiger partial charge in [0.15, 0.2) is 0 Å². The Kier molecular flexibility index (Phi) is 6.92. The maximum atomic E-state index is 12.0. The third-order valence-electron chi connectivity index (χ3n) is 5.16. The van der Waals surface area contributed by atoms with E-state index in [1.807, 2.05) is 12.1 Å². The lowest BCUT2D eigenvalue weighted by Crippen LogP contribution is -2.23. The van der Waals surface area contributed by atoms with Crippen LogP contribution in [-0.4, -0.2) is 32.1 Å². The van der Waals surface area contributed by atoms with Crippen molar-refractivity contribution in [2.24, 2.45) is 0 Å². The van der Waals surface area contributed by atoms with Crippen LogP contribution in [0.2, 0.25) is 0 Å². The van der Waals surface area contributed by atoms with Crippen molar-refractivity contribution in [2.45, 2.75) is 51.4 Å². The molecule has 25 heavy (non-hydrogen) atoms. The summed E-state index contributed by atoms with van der Waals surface area (Å²) in [6, 6.07) is 8.23. The maximum Gasteiger partial charge on any atom is 0.225 e. The van der Waals surface area contributed by atoms with Crippen molar-refractivity contribution in [3.63, 3.8) is 0 Å². The number of anilines is 2. The van der Waals surface area contributed by atoms with Gasteiger partial charge < -0.3 is 15.5 Å². The lowest BCUT2D eigenvalue weighted by Gasteiger charge is -2.17. The summed E-state index contributed by atoms with van der Waals surface area (Å²) in [5.41, 5.74) is 3.73. The Balaban J connectivity index is 1.31. The summed E-state index contributed by atoms with van der Waals surface area (Å²) < 4.78 is 0. The Hall–Kier alpha value is -1.81. The van der Waals surface area contributed by atoms with E-state index in [9.17, 15) is 4.79 Å². The largest absolute Gasteiger partial charge is 0.372 e. The van der Waals surface area contributed by atoms with E-state index in [0.29, 0.717) is 6.42 Å². The summed E-state index contributed by atoms with van der Waals surface area (Å²) in [5, 5.41) is 6.38. The van der Waals surface area contributed by atoms with E-state index in [4.69, 9.17) is 0 Å². The first kappa shape index (κ1) is 18.0. The second kappa shape index (κ2) is 9.62.